The summed E-state index contributed by atoms with van der Waals surface area (Å²) < 4.78 is 79.0. The van der Waals surface area contributed by atoms with Gasteiger partial charge in [-0.3, -0.25) is 37.0 Å². The average Bonchev–Trinajstić information content (AvgIpc) is 3.72. The van der Waals surface area contributed by atoms with Crippen molar-refractivity contribution in [1.29, 1.82) is 0 Å². The number of hydrogen-bond donors (Lipinski definition) is 6. The van der Waals surface area contributed by atoms with Gasteiger partial charge in [-0.15, -0.1) is 0 Å². The van der Waals surface area contributed by atoms with Gasteiger partial charge >= 0.3 is 13.6 Å². The number of ether oxygens (including phenoxy) is 2. The molecule has 3 fully saturated rings. The molecule has 0 aliphatic carbocycles. The molecule has 4 aromatic rings. The summed E-state index contributed by atoms with van der Waals surface area (Å²) in [5.74, 6) is -0.193. The molecule has 2 unspecified atom stereocenters. The number of anilines is 2. The van der Waals surface area contributed by atoms with E-state index >= 15 is 4.39 Å². The van der Waals surface area contributed by atoms with Gasteiger partial charge in [0.05, 0.1) is 25.9 Å². The number of aromatic amines is 1. The summed E-state index contributed by atoms with van der Waals surface area (Å²) in [6.07, 6.45) is -8.75. The summed E-state index contributed by atoms with van der Waals surface area (Å²) >= 11 is 8.03. The number of imidazole rings is 2. The first-order chi connectivity index (χ1) is 21.3. The van der Waals surface area contributed by atoms with E-state index in [9.17, 15) is 19.0 Å². The van der Waals surface area contributed by atoms with Crippen molar-refractivity contribution < 1.29 is 46.2 Å². The summed E-state index contributed by atoms with van der Waals surface area (Å²) in [5, 5.41) is 11.1. The number of alkyl halides is 1. The molecule has 45 heavy (non-hydrogen) atoms. The zero-order chi connectivity index (χ0) is 31.8. The van der Waals surface area contributed by atoms with Crippen LogP contribution >= 0.6 is 38.1 Å². The van der Waals surface area contributed by atoms with Gasteiger partial charge in [0.2, 0.25) is 5.95 Å². The highest BCUT2D eigenvalue weighted by Crippen LogP contribution is 2.60. The van der Waals surface area contributed by atoms with Gasteiger partial charge in [-0.25, -0.2) is 33.5 Å². The summed E-state index contributed by atoms with van der Waals surface area (Å²) in [6.45, 7) is -10.1. The van der Waals surface area contributed by atoms with Gasteiger partial charge in [0.15, 0.2) is 41.3 Å². The molecular weight excluding hydrogens is 685 g/mol. The number of nitrogens with one attached hydrogen (secondary N) is 1. The zero-order valence-corrected chi connectivity index (χ0v) is 25.9. The van der Waals surface area contributed by atoms with Gasteiger partial charge in [-0.1, -0.05) is 24.5 Å². The van der Waals surface area contributed by atoms with Crippen LogP contribution in [-0.4, -0.2) is 94.0 Å². The van der Waals surface area contributed by atoms with Crippen molar-refractivity contribution in [1.82, 2.24) is 39.0 Å². The molecule has 7 rings (SSSR count). The van der Waals surface area contributed by atoms with E-state index in [0.717, 1.165) is 6.33 Å². The number of rotatable bonds is 2. The Morgan fingerprint density at radius 3 is 2.27 bits per heavy atom. The predicted octanol–water partition coefficient (Wildman–Crippen LogP) is 0.511. The molecule has 0 amide bonds. The van der Waals surface area contributed by atoms with Crippen LogP contribution in [0.4, 0.5) is 16.2 Å². The van der Waals surface area contributed by atoms with E-state index in [0.29, 0.717) is 0 Å². The maximum Gasteiger partial charge on any atom is 0.386 e. The fraction of sp³-hybridized carbons (Fsp3) is 0.500. The molecule has 0 spiro atoms. The molecular formula is C20H23FN10O10P2S2. The molecule has 2 bridgehead atoms. The summed E-state index contributed by atoms with van der Waals surface area (Å²) in [6, 6.07) is 0. The normalized spacial score (nSPS) is 37.7. The number of aromatic nitrogens is 8. The molecule has 20 nitrogen and oxygen atoms in total. The van der Waals surface area contributed by atoms with E-state index in [1.165, 1.54) is 21.8 Å². The minimum Gasteiger partial charge on any atom is -0.387 e. The first kappa shape index (κ1) is 30.9. The lowest BCUT2D eigenvalue weighted by Crippen LogP contribution is -2.35. The molecule has 7 heterocycles. The maximum atomic E-state index is 16.0. The number of aliphatic hydroxyl groups excluding tert-OH is 1. The minimum atomic E-state index is -4.42. The second-order valence-electron chi connectivity index (χ2n) is 10.1. The highest BCUT2D eigenvalue weighted by Gasteiger charge is 2.54. The molecule has 4 aromatic heterocycles. The third-order valence-corrected chi connectivity index (χ3v) is 10.5. The lowest BCUT2D eigenvalue weighted by Gasteiger charge is -2.26. The van der Waals surface area contributed by atoms with E-state index in [1.54, 1.807) is 0 Å². The number of nitrogen functional groups attached to an aromatic ring is 2. The molecule has 0 aromatic carbocycles. The Morgan fingerprint density at radius 1 is 0.911 bits per heavy atom. The molecule has 10 atom stereocenters. The SMILES string of the molecule is Nc1nc2c(ncn2[C@@H]2O[C@@H]3COP(=O)(S)O[C@@H]4[C@H](F)[C@H](n5cnc6c(N)ncnc65)O[C@@H]4COP(=O)(S)O[C@H]2[C@H]3O)c(=O)[nH]1. The number of H-pyrrole nitrogens is 1. The number of halogens is 1. The second kappa shape index (κ2) is 11.2. The molecule has 0 saturated carbocycles. The van der Waals surface area contributed by atoms with Crippen LogP contribution < -0.4 is 17.0 Å². The fourth-order valence-electron chi connectivity index (χ4n) is 5.26. The Morgan fingerprint density at radius 2 is 1.53 bits per heavy atom. The van der Waals surface area contributed by atoms with Gasteiger partial charge < -0.3 is 26.0 Å². The molecule has 0 radical (unpaired) electrons. The third-order valence-electron chi connectivity index (χ3n) is 7.28. The minimum absolute atomic E-state index is 0.0443. The maximum absolute atomic E-state index is 16.0. The molecule has 3 aliphatic heterocycles. The van der Waals surface area contributed by atoms with Gasteiger partial charge in [0.1, 0.15) is 42.4 Å². The first-order valence-electron chi connectivity index (χ1n) is 12.9. The third kappa shape index (κ3) is 5.54. The van der Waals surface area contributed by atoms with Crippen LogP contribution in [-0.2, 0) is 36.7 Å². The van der Waals surface area contributed by atoms with E-state index < -0.39 is 81.5 Å². The van der Waals surface area contributed by atoms with Gasteiger partial charge in [-0.05, 0) is 0 Å². The van der Waals surface area contributed by atoms with Crippen molar-refractivity contribution >= 4 is 72.2 Å². The smallest absolute Gasteiger partial charge is 0.386 e. The fourth-order valence-corrected chi connectivity index (χ4v) is 8.20. The Kier molecular flexibility index (Phi) is 7.72. The Hall–Kier alpha value is -2.69. The lowest BCUT2D eigenvalue weighted by atomic mass is 10.1. The van der Waals surface area contributed by atoms with Gasteiger partial charge in [-0.2, -0.15) is 4.98 Å². The lowest BCUT2D eigenvalue weighted by molar-refractivity contribution is -0.0568. The van der Waals surface area contributed by atoms with Crippen LogP contribution in [0.2, 0.25) is 0 Å². The number of fused-ring (bicyclic) bond motifs is 5. The summed E-state index contributed by atoms with van der Waals surface area (Å²) in [5.41, 5.74) is 11.0. The van der Waals surface area contributed by atoms with Crippen LogP contribution in [0.25, 0.3) is 22.3 Å². The number of thiol groups is 2. The van der Waals surface area contributed by atoms with Crippen molar-refractivity contribution in [2.45, 2.75) is 49.1 Å². The largest absolute Gasteiger partial charge is 0.387 e. The topological polar surface area (TPSA) is 269 Å². The van der Waals surface area contributed by atoms with Crippen molar-refractivity contribution in [2.24, 2.45) is 0 Å². The Labute approximate surface area is 260 Å². The monoisotopic (exact) mass is 708 g/mol. The Bertz CT molecular complexity index is 1950. The van der Waals surface area contributed by atoms with Crippen molar-refractivity contribution in [3.63, 3.8) is 0 Å². The number of aliphatic hydroxyl groups is 1. The highest BCUT2D eigenvalue weighted by molar-refractivity contribution is 8.44. The standard InChI is InChI=1S/C20H23FN10O10P2S2/c21-8-12-7(39-18(8)30-4-26-9-14(22)24-3-25-15(9)30)2-37-43(35,45)41-13-11(32)6(1-36-42(34,44)40-12)38-19(13)31-5-27-10-16(31)28-20(23)29-17(10)33/h3-8,11-13,18-19,32H,1-2H2,(H,34,44)(H,35,45)(H2,22,24,25)(H3,23,28,29,33)/t6-,7-,8+,11+,12+,13+,18-,19-,42?,43?/m1/s1. The van der Waals surface area contributed by atoms with Gasteiger partial charge in [0.25, 0.3) is 5.56 Å². The number of nitrogens with zero attached hydrogens (tertiary/aromatic N) is 7. The van der Waals surface area contributed by atoms with E-state index in [1.807, 2.05) is 0 Å². The summed E-state index contributed by atoms with van der Waals surface area (Å²) in [7, 11) is 0. The number of hydrogen-bond acceptors (Lipinski definition) is 17. The second-order valence-corrected chi connectivity index (χ2v) is 15.8. The van der Waals surface area contributed by atoms with Crippen LogP contribution in [0.3, 0.4) is 0 Å². The summed E-state index contributed by atoms with van der Waals surface area (Å²) in [4.78, 5) is 34.7. The van der Waals surface area contributed by atoms with Crippen LogP contribution in [0.5, 0.6) is 0 Å². The van der Waals surface area contributed by atoms with Crippen molar-refractivity contribution in [2.75, 3.05) is 24.7 Å². The van der Waals surface area contributed by atoms with E-state index in [2.05, 4.69) is 54.4 Å². The van der Waals surface area contributed by atoms with Crippen LogP contribution in [0.1, 0.15) is 12.5 Å². The highest BCUT2D eigenvalue weighted by atomic mass is 32.7. The molecule has 3 saturated heterocycles. The number of nitrogens with two attached hydrogens (primary N) is 2. The van der Waals surface area contributed by atoms with Crippen LogP contribution in [0.15, 0.2) is 23.8 Å². The van der Waals surface area contributed by atoms with Crippen LogP contribution in [0, 0.1) is 0 Å². The molecule has 6 N–H and O–H groups in total. The van der Waals surface area contributed by atoms with E-state index in [-0.39, 0.29) is 34.1 Å². The molecule has 242 valence electrons. The predicted molar refractivity (Wildman–Crippen MR) is 156 cm³/mol. The zero-order valence-electron chi connectivity index (χ0n) is 22.3. The Balaban J connectivity index is 1.21. The van der Waals surface area contributed by atoms with E-state index in [4.69, 9.17) is 39.0 Å². The first-order valence-corrected chi connectivity index (χ1v) is 18.3. The molecule has 25 heteroatoms. The molecule has 3 aliphatic rings. The average molecular weight is 709 g/mol. The quantitative estimate of drug-likeness (QED) is 0.122. The van der Waals surface area contributed by atoms with Gasteiger partial charge in [0, 0.05) is 0 Å². The van der Waals surface area contributed by atoms with Crippen molar-refractivity contribution in [3.05, 3.63) is 29.3 Å². The van der Waals surface area contributed by atoms with Crippen molar-refractivity contribution in [3.8, 4) is 0 Å².